The second-order valence-corrected chi connectivity index (χ2v) is 7.80. The van der Waals surface area contributed by atoms with Gasteiger partial charge in [-0.15, -0.1) is 11.8 Å². The maximum absolute atomic E-state index is 11.3. The van der Waals surface area contributed by atoms with E-state index < -0.39 is 9.84 Å². The average molecular weight is 287 g/mol. The van der Waals surface area contributed by atoms with Crippen molar-refractivity contribution >= 4 is 21.6 Å². The van der Waals surface area contributed by atoms with Gasteiger partial charge in [-0.2, -0.15) is 0 Å². The van der Waals surface area contributed by atoms with Gasteiger partial charge in [0.1, 0.15) is 0 Å². The quantitative estimate of drug-likeness (QED) is 0.816. The lowest BCUT2D eigenvalue weighted by Gasteiger charge is -2.19. The van der Waals surface area contributed by atoms with E-state index in [1.807, 2.05) is 19.2 Å². The molecule has 1 rings (SSSR count). The van der Waals surface area contributed by atoms with Gasteiger partial charge in [0.25, 0.3) is 0 Å². The molecule has 0 aromatic heterocycles. The summed E-state index contributed by atoms with van der Waals surface area (Å²) in [6.45, 7) is 4.38. The Hall–Kier alpha value is -0.520. The number of benzene rings is 1. The summed E-state index contributed by atoms with van der Waals surface area (Å²) >= 11 is 1.74. The van der Waals surface area contributed by atoms with Gasteiger partial charge >= 0.3 is 0 Å². The van der Waals surface area contributed by atoms with Gasteiger partial charge in [-0.25, -0.2) is 8.42 Å². The molecule has 1 aromatic carbocycles. The van der Waals surface area contributed by atoms with Crippen LogP contribution < -0.4 is 5.32 Å². The number of nitrogens with one attached hydrogen (secondary N) is 1. The van der Waals surface area contributed by atoms with Crippen LogP contribution in [0.2, 0.25) is 0 Å². The summed E-state index contributed by atoms with van der Waals surface area (Å²) in [5.74, 6) is 1.56. The molecule has 1 aromatic rings. The Morgan fingerprint density at radius 1 is 1.22 bits per heavy atom. The summed E-state index contributed by atoms with van der Waals surface area (Å²) in [6.07, 6.45) is 1.23. The van der Waals surface area contributed by atoms with Crippen molar-refractivity contribution in [1.82, 2.24) is 5.32 Å². The highest BCUT2D eigenvalue weighted by Crippen LogP contribution is 2.22. The Bertz CT molecular complexity index is 466. The molecular weight excluding hydrogens is 266 g/mol. The third-order valence-corrected chi connectivity index (χ3v) is 5.12. The molecule has 0 radical (unpaired) electrons. The Labute approximate surface area is 114 Å². The number of hydrogen-bond acceptors (Lipinski definition) is 4. The van der Waals surface area contributed by atoms with Crippen LogP contribution in [0, 0.1) is 5.92 Å². The standard InChI is InChI=1S/C13H21NO2S2/c1-10(2)13(14-3)9-17-11-5-7-12(8-6-11)18(4,15)16/h5-8,10,13-14H,9H2,1-4H3. The second-order valence-electron chi connectivity index (χ2n) is 4.69. The molecule has 0 aliphatic rings. The monoisotopic (exact) mass is 287 g/mol. The average Bonchev–Trinajstić information content (AvgIpc) is 2.29. The molecule has 18 heavy (non-hydrogen) atoms. The van der Waals surface area contributed by atoms with Crippen LogP contribution in [0.5, 0.6) is 0 Å². The Morgan fingerprint density at radius 3 is 2.17 bits per heavy atom. The Morgan fingerprint density at radius 2 is 1.78 bits per heavy atom. The van der Waals surface area contributed by atoms with Gasteiger partial charge in [0, 0.05) is 22.9 Å². The zero-order chi connectivity index (χ0) is 13.8. The largest absolute Gasteiger partial charge is 0.316 e. The smallest absolute Gasteiger partial charge is 0.175 e. The number of sulfone groups is 1. The number of hydrogen-bond donors (Lipinski definition) is 1. The van der Waals surface area contributed by atoms with Crippen molar-refractivity contribution in [2.45, 2.75) is 29.7 Å². The van der Waals surface area contributed by atoms with Crippen molar-refractivity contribution in [3.63, 3.8) is 0 Å². The van der Waals surface area contributed by atoms with E-state index in [9.17, 15) is 8.42 Å². The first-order valence-corrected chi connectivity index (χ1v) is 8.82. The van der Waals surface area contributed by atoms with Gasteiger partial charge in [0.15, 0.2) is 9.84 Å². The van der Waals surface area contributed by atoms with Gasteiger partial charge in [0.2, 0.25) is 0 Å². The fourth-order valence-corrected chi connectivity index (χ4v) is 3.46. The van der Waals surface area contributed by atoms with Crippen LogP contribution in [0.1, 0.15) is 13.8 Å². The van der Waals surface area contributed by atoms with E-state index in [-0.39, 0.29) is 0 Å². The minimum Gasteiger partial charge on any atom is -0.316 e. The predicted octanol–water partition coefficient (Wildman–Crippen LogP) is 2.43. The molecule has 5 heteroatoms. The van der Waals surface area contributed by atoms with Crippen molar-refractivity contribution < 1.29 is 8.42 Å². The van der Waals surface area contributed by atoms with Crippen LogP contribution >= 0.6 is 11.8 Å². The van der Waals surface area contributed by atoms with E-state index in [1.165, 1.54) is 6.26 Å². The molecule has 1 unspecified atom stereocenters. The summed E-state index contributed by atoms with van der Waals surface area (Å²) < 4.78 is 22.7. The lowest BCUT2D eigenvalue weighted by atomic mass is 10.1. The van der Waals surface area contributed by atoms with Gasteiger partial charge in [-0.3, -0.25) is 0 Å². The molecule has 0 aliphatic heterocycles. The molecule has 0 bridgehead atoms. The van der Waals surface area contributed by atoms with Gasteiger partial charge in [0.05, 0.1) is 4.90 Å². The molecule has 102 valence electrons. The molecule has 0 fully saturated rings. The fraction of sp³-hybridized carbons (Fsp3) is 0.538. The third-order valence-electron chi connectivity index (χ3n) is 2.86. The third kappa shape index (κ3) is 4.63. The molecular formula is C13H21NO2S2. The highest BCUT2D eigenvalue weighted by molar-refractivity contribution is 7.99. The van der Waals surface area contributed by atoms with Crippen molar-refractivity contribution in [2.75, 3.05) is 19.1 Å². The SMILES string of the molecule is CNC(CSc1ccc(S(C)(=O)=O)cc1)C(C)C. The van der Waals surface area contributed by atoms with Gasteiger partial charge in [-0.1, -0.05) is 13.8 Å². The van der Waals surface area contributed by atoms with Crippen LogP contribution in [-0.4, -0.2) is 33.5 Å². The Balaban J connectivity index is 2.65. The van der Waals surface area contributed by atoms with Crippen LogP contribution in [0.25, 0.3) is 0 Å². The topological polar surface area (TPSA) is 46.2 Å². The molecule has 1 atom stereocenters. The summed E-state index contributed by atoms with van der Waals surface area (Å²) in [5, 5.41) is 3.29. The minimum atomic E-state index is -3.09. The summed E-state index contributed by atoms with van der Waals surface area (Å²) in [7, 11) is -1.12. The van der Waals surface area contributed by atoms with E-state index in [1.54, 1.807) is 23.9 Å². The first-order chi connectivity index (χ1) is 8.34. The molecule has 3 nitrogen and oxygen atoms in total. The number of rotatable bonds is 6. The van der Waals surface area contributed by atoms with Crippen LogP contribution in [0.4, 0.5) is 0 Å². The molecule has 0 aliphatic carbocycles. The van der Waals surface area contributed by atoms with Crippen LogP contribution in [0.15, 0.2) is 34.1 Å². The van der Waals surface area contributed by atoms with Gasteiger partial charge < -0.3 is 5.32 Å². The molecule has 0 saturated heterocycles. The predicted molar refractivity (Wildman–Crippen MR) is 78.0 cm³/mol. The zero-order valence-electron chi connectivity index (χ0n) is 11.3. The first-order valence-electron chi connectivity index (χ1n) is 5.94. The normalized spacial score (nSPS) is 13.8. The van der Waals surface area contributed by atoms with Crippen LogP contribution in [0.3, 0.4) is 0 Å². The minimum absolute atomic E-state index is 0.376. The maximum Gasteiger partial charge on any atom is 0.175 e. The highest BCUT2D eigenvalue weighted by atomic mass is 32.2. The lowest BCUT2D eigenvalue weighted by molar-refractivity contribution is 0.465. The summed E-state index contributed by atoms with van der Waals surface area (Å²) in [6, 6.07) is 7.54. The maximum atomic E-state index is 11.3. The van der Waals surface area contributed by atoms with Crippen molar-refractivity contribution in [2.24, 2.45) is 5.92 Å². The van der Waals surface area contributed by atoms with Crippen molar-refractivity contribution in [3.05, 3.63) is 24.3 Å². The molecule has 0 spiro atoms. The Kier molecular flexibility index (Phi) is 5.69. The molecule has 0 saturated carbocycles. The molecule has 1 N–H and O–H groups in total. The van der Waals surface area contributed by atoms with E-state index in [4.69, 9.17) is 0 Å². The van der Waals surface area contributed by atoms with E-state index in [2.05, 4.69) is 19.2 Å². The summed E-state index contributed by atoms with van der Waals surface area (Å²) in [5.41, 5.74) is 0. The number of thioether (sulfide) groups is 1. The zero-order valence-corrected chi connectivity index (χ0v) is 12.9. The van der Waals surface area contributed by atoms with E-state index in [0.29, 0.717) is 16.9 Å². The van der Waals surface area contributed by atoms with Crippen LogP contribution in [-0.2, 0) is 9.84 Å². The lowest BCUT2D eigenvalue weighted by Crippen LogP contribution is -2.32. The second kappa shape index (κ2) is 6.59. The van der Waals surface area contributed by atoms with Crippen molar-refractivity contribution in [1.29, 1.82) is 0 Å². The summed E-state index contributed by atoms with van der Waals surface area (Å²) in [4.78, 5) is 1.48. The van der Waals surface area contributed by atoms with Crippen molar-refractivity contribution in [3.8, 4) is 0 Å². The fourth-order valence-electron chi connectivity index (χ4n) is 1.58. The van der Waals surface area contributed by atoms with Gasteiger partial charge in [-0.05, 0) is 37.2 Å². The van der Waals surface area contributed by atoms with E-state index in [0.717, 1.165) is 10.6 Å². The molecule has 0 amide bonds. The van der Waals surface area contributed by atoms with E-state index >= 15 is 0 Å². The highest BCUT2D eigenvalue weighted by Gasteiger charge is 2.11. The first kappa shape index (κ1) is 15.5. The molecule has 0 heterocycles.